The van der Waals surface area contributed by atoms with Crippen LogP contribution in [0.25, 0.3) is 0 Å². The zero-order chi connectivity index (χ0) is 14.7. The SMILES string of the molecule is O=C(CN1CCCC1)NC(=O)Nc1ccc2c(c1)OCO2. The lowest BCUT2D eigenvalue weighted by Crippen LogP contribution is -2.41. The van der Waals surface area contributed by atoms with Gasteiger partial charge in [0.25, 0.3) is 0 Å². The van der Waals surface area contributed by atoms with E-state index in [0.717, 1.165) is 25.9 Å². The van der Waals surface area contributed by atoms with E-state index in [9.17, 15) is 9.59 Å². The number of hydrogen-bond acceptors (Lipinski definition) is 5. The number of nitrogens with one attached hydrogen (secondary N) is 2. The quantitative estimate of drug-likeness (QED) is 0.873. The first-order valence-corrected chi connectivity index (χ1v) is 6.93. The monoisotopic (exact) mass is 291 g/mol. The van der Waals surface area contributed by atoms with E-state index in [1.807, 2.05) is 4.90 Å². The molecule has 2 N–H and O–H groups in total. The van der Waals surface area contributed by atoms with Gasteiger partial charge in [-0.15, -0.1) is 0 Å². The fourth-order valence-electron chi connectivity index (χ4n) is 2.45. The van der Waals surface area contributed by atoms with Gasteiger partial charge in [-0.2, -0.15) is 0 Å². The lowest BCUT2D eigenvalue weighted by Gasteiger charge is -2.13. The Morgan fingerprint density at radius 3 is 2.71 bits per heavy atom. The Morgan fingerprint density at radius 1 is 1.14 bits per heavy atom. The van der Waals surface area contributed by atoms with Crippen molar-refractivity contribution in [2.24, 2.45) is 0 Å². The number of fused-ring (bicyclic) bond motifs is 1. The highest BCUT2D eigenvalue weighted by Crippen LogP contribution is 2.34. The highest BCUT2D eigenvalue weighted by atomic mass is 16.7. The third-order valence-electron chi connectivity index (χ3n) is 3.45. The van der Waals surface area contributed by atoms with Crippen LogP contribution in [-0.4, -0.2) is 43.3 Å². The second-order valence-corrected chi connectivity index (χ2v) is 5.05. The molecule has 1 saturated heterocycles. The van der Waals surface area contributed by atoms with Gasteiger partial charge in [0.05, 0.1) is 6.54 Å². The summed E-state index contributed by atoms with van der Waals surface area (Å²) in [5, 5.41) is 4.92. The number of amides is 3. The molecular formula is C14H17N3O4. The van der Waals surface area contributed by atoms with Crippen molar-refractivity contribution >= 4 is 17.6 Å². The molecule has 1 aromatic carbocycles. The summed E-state index contributed by atoms with van der Waals surface area (Å²) in [7, 11) is 0. The number of hydrogen-bond donors (Lipinski definition) is 2. The topological polar surface area (TPSA) is 79.9 Å². The number of imide groups is 1. The fraction of sp³-hybridized carbons (Fsp3) is 0.429. The van der Waals surface area contributed by atoms with Crippen LogP contribution < -0.4 is 20.1 Å². The minimum absolute atomic E-state index is 0.180. The second kappa shape index (κ2) is 6.01. The molecule has 1 fully saturated rings. The number of carbonyl (C=O) groups is 2. The Morgan fingerprint density at radius 2 is 1.90 bits per heavy atom. The van der Waals surface area contributed by atoms with Gasteiger partial charge < -0.3 is 14.8 Å². The van der Waals surface area contributed by atoms with E-state index in [1.165, 1.54) is 0 Å². The molecule has 0 unspecified atom stereocenters. The fourth-order valence-corrected chi connectivity index (χ4v) is 2.45. The van der Waals surface area contributed by atoms with E-state index in [1.54, 1.807) is 18.2 Å². The molecule has 3 rings (SSSR count). The van der Waals surface area contributed by atoms with Crippen LogP contribution in [0.15, 0.2) is 18.2 Å². The molecule has 2 aliphatic heterocycles. The summed E-state index contributed by atoms with van der Waals surface area (Å²) >= 11 is 0. The Labute approximate surface area is 122 Å². The smallest absolute Gasteiger partial charge is 0.325 e. The molecule has 1 aromatic rings. The molecule has 0 saturated carbocycles. The molecule has 112 valence electrons. The first kappa shape index (κ1) is 13.7. The molecular weight excluding hydrogens is 274 g/mol. The number of urea groups is 1. The molecule has 2 aliphatic rings. The van der Waals surface area contributed by atoms with Crippen LogP contribution in [0.3, 0.4) is 0 Å². The van der Waals surface area contributed by atoms with Crippen molar-refractivity contribution < 1.29 is 19.1 Å². The van der Waals surface area contributed by atoms with Crippen LogP contribution in [0, 0.1) is 0 Å². The standard InChI is InChI=1S/C14H17N3O4/c18-13(8-17-5-1-2-6-17)16-14(19)15-10-3-4-11-12(7-10)21-9-20-11/h3-4,7H,1-2,5-6,8-9H2,(H2,15,16,18,19). The molecule has 7 heteroatoms. The number of anilines is 1. The van der Waals surface area contributed by atoms with E-state index in [-0.39, 0.29) is 19.2 Å². The van der Waals surface area contributed by atoms with Gasteiger partial charge >= 0.3 is 6.03 Å². The number of nitrogens with zero attached hydrogens (tertiary/aromatic N) is 1. The molecule has 0 spiro atoms. The largest absolute Gasteiger partial charge is 0.454 e. The van der Waals surface area contributed by atoms with Crippen molar-refractivity contribution in [3.63, 3.8) is 0 Å². The van der Waals surface area contributed by atoms with Crippen LogP contribution in [-0.2, 0) is 4.79 Å². The zero-order valence-electron chi connectivity index (χ0n) is 11.6. The van der Waals surface area contributed by atoms with Crippen molar-refractivity contribution in [3.05, 3.63) is 18.2 Å². The Bertz CT molecular complexity index is 555. The van der Waals surface area contributed by atoms with E-state index in [0.29, 0.717) is 17.2 Å². The minimum Gasteiger partial charge on any atom is -0.454 e. The number of ether oxygens (including phenoxy) is 2. The van der Waals surface area contributed by atoms with E-state index >= 15 is 0 Å². The number of benzene rings is 1. The maximum Gasteiger partial charge on any atom is 0.325 e. The molecule has 3 amide bonds. The molecule has 0 atom stereocenters. The van der Waals surface area contributed by atoms with Crippen molar-refractivity contribution in [1.29, 1.82) is 0 Å². The summed E-state index contributed by atoms with van der Waals surface area (Å²) < 4.78 is 10.4. The van der Waals surface area contributed by atoms with E-state index in [4.69, 9.17) is 9.47 Å². The van der Waals surface area contributed by atoms with E-state index < -0.39 is 6.03 Å². The second-order valence-electron chi connectivity index (χ2n) is 5.05. The highest BCUT2D eigenvalue weighted by Gasteiger charge is 2.17. The molecule has 0 aliphatic carbocycles. The number of carbonyl (C=O) groups excluding carboxylic acids is 2. The van der Waals surface area contributed by atoms with Crippen molar-refractivity contribution in [3.8, 4) is 11.5 Å². The third-order valence-corrected chi connectivity index (χ3v) is 3.45. The summed E-state index contributed by atoms with van der Waals surface area (Å²) in [5.41, 5.74) is 0.547. The van der Waals surface area contributed by atoms with Gasteiger partial charge in [-0.1, -0.05) is 0 Å². The van der Waals surface area contributed by atoms with Gasteiger partial charge in [0.2, 0.25) is 12.7 Å². The van der Waals surface area contributed by atoms with Gasteiger partial charge in [0.15, 0.2) is 11.5 Å². The zero-order valence-corrected chi connectivity index (χ0v) is 11.6. The molecule has 0 aromatic heterocycles. The predicted octanol–water partition coefficient (Wildman–Crippen LogP) is 1.16. The Balaban J connectivity index is 1.50. The summed E-state index contributed by atoms with van der Waals surface area (Å²) in [5.74, 6) is 0.928. The molecule has 0 radical (unpaired) electrons. The summed E-state index contributed by atoms with van der Waals surface area (Å²) in [4.78, 5) is 25.5. The lowest BCUT2D eigenvalue weighted by molar-refractivity contribution is -0.120. The van der Waals surface area contributed by atoms with Crippen LogP contribution >= 0.6 is 0 Å². The minimum atomic E-state index is -0.543. The van der Waals surface area contributed by atoms with Gasteiger partial charge in [0, 0.05) is 11.8 Å². The number of likely N-dealkylation sites (tertiary alicyclic amines) is 1. The van der Waals surface area contributed by atoms with Gasteiger partial charge in [-0.25, -0.2) is 4.79 Å². The first-order valence-electron chi connectivity index (χ1n) is 6.93. The van der Waals surface area contributed by atoms with Gasteiger partial charge in [-0.05, 0) is 38.1 Å². The Hall–Kier alpha value is -2.28. The molecule has 7 nitrogen and oxygen atoms in total. The van der Waals surface area contributed by atoms with Crippen molar-refractivity contribution in [2.75, 3.05) is 31.7 Å². The average molecular weight is 291 g/mol. The predicted molar refractivity (Wildman–Crippen MR) is 75.4 cm³/mol. The summed E-state index contributed by atoms with van der Waals surface area (Å²) in [6.45, 7) is 2.27. The molecule has 2 heterocycles. The summed E-state index contributed by atoms with van der Waals surface area (Å²) in [6.07, 6.45) is 2.22. The third kappa shape index (κ3) is 3.43. The van der Waals surface area contributed by atoms with Crippen LogP contribution in [0.1, 0.15) is 12.8 Å². The van der Waals surface area contributed by atoms with Crippen LogP contribution in [0.5, 0.6) is 11.5 Å². The van der Waals surface area contributed by atoms with Gasteiger partial charge in [-0.3, -0.25) is 15.0 Å². The van der Waals surface area contributed by atoms with E-state index in [2.05, 4.69) is 10.6 Å². The highest BCUT2D eigenvalue weighted by molar-refractivity contribution is 6.01. The summed E-state index contributed by atoms with van der Waals surface area (Å²) in [6, 6.07) is 4.52. The average Bonchev–Trinajstić information content (AvgIpc) is 3.08. The molecule has 0 bridgehead atoms. The first-order chi connectivity index (χ1) is 10.2. The van der Waals surface area contributed by atoms with Crippen molar-refractivity contribution in [2.45, 2.75) is 12.8 Å². The van der Waals surface area contributed by atoms with Crippen molar-refractivity contribution in [1.82, 2.24) is 10.2 Å². The van der Waals surface area contributed by atoms with Crippen LogP contribution in [0.4, 0.5) is 10.5 Å². The lowest BCUT2D eigenvalue weighted by atomic mass is 10.3. The van der Waals surface area contributed by atoms with Gasteiger partial charge in [0.1, 0.15) is 0 Å². The number of rotatable bonds is 3. The molecule has 21 heavy (non-hydrogen) atoms. The maximum absolute atomic E-state index is 11.8. The maximum atomic E-state index is 11.8. The Kier molecular flexibility index (Phi) is 3.92. The normalized spacial score (nSPS) is 16.8. The van der Waals surface area contributed by atoms with Crippen LogP contribution in [0.2, 0.25) is 0 Å².